The van der Waals surface area contributed by atoms with Crippen LogP contribution in [-0.4, -0.2) is 21.4 Å². The predicted octanol–water partition coefficient (Wildman–Crippen LogP) is 1.78. The molecule has 1 rings (SSSR count). The van der Waals surface area contributed by atoms with Gasteiger partial charge >= 0.3 is 5.69 Å². The number of nitrogens with zero attached hydrogens (tertiary/aromatic N) is 3. The summed E-state index contributed by atoms with van der Waals surface area (Å²) in [6, 6.07) is 0. The Morgan fingerprint density at radius 1 is 1.57 bits per heavy atom. The van der Waals surface area contributed by atoms with Gasteiger partial charge in [-0.25, -0.2) is 4.98 Å². The summed E-state index contributed by atoms with van der Waals surface area (Å²) in [5, 5.41) is 13.4. The first-order valence-electron chi connectivity index (χ1n) is 3.98. The molecule has 0 unspecified atom stereocenters. The van der Waals surface area contributed by atoms with Crippen LogP contribution < -0.4 is 5.32 Å². The van der Waals surface area contributed by atoms with Gasteiger partial charge in [0.05, 0.1) is 4.92 Å². The molecule has 7 heteroatoms. The first kappa shape index (κ1) is 10.6. The first-order chi connectivity index (χ1) is 6.56. The zero-order chi connectivity index (χ0) is 10.7. The minimum absolute atomic E-state index is 0.00375. The van der Waals surface area contributed by atoms with E-state index in [4.69, 9.17) is 11.6 Å². The summed E-state index contributed by atoms with van der Waals surface area (Å²) >= 11 is 5.58. The molecule has 1 heterocycles. The number of aryl methyl sites for hydroxylation is 1. The number of nitrogens with one attached hydrogen (secondary N) is 1. The van der Waals surface area contributed by atoms with Crippen molar-refractivity contribution < 1.29 is 4.92 Å². The van der Waals surface area contributed by atoms with Crippen molar-refractivity contribution in [1.29, 1.82) is 0 Å². The molecule has 0 aliphatic heterocycles. The number of rotatable bonds is 3. The normalized spacial score (nSPS) is 9.93. The molecule has 0 fully saturated rings. The fourth-order valence-corrected chi connectivity index (χ4v) is 1.25. The van der Waals surface area contributed by atoms with Crippen molar-refractivity contribution in [3.8, 4) is 0 Å². The lowest BCUT2D eigenvalue weighted by Gasteiger charge is -2.04. The fourth-order valence-electron chi connectivity index (χ4n) is 1.04. The van der Waals surface area contributed by atoms with Gasteiger partial charge in [0.25, 0.3) is 0 Å². The van der Waals surface area contributed by atoms with Crippen LogP contribution in [0.5, 0.6) is 0 Å². The summed E-state index contributed by atoms with van der Waals surface area (Å²) in [5.74, 6) is 0.162. The summed E-state index contributed by atoms with van der Waals surface area (Å²) in [5.41, 5.74) is 0.127. The van der Waals surface area contributed by atoms with E-state index in [1.54, 1.807) is 0 Å². The van der Waals surface area contributed by atoms with Crippen LogP contribution >= 0.6 is 11.6 Å². The maximum Gasteiger partial charge on any atom is 0.332 e. The minimum atomic E-state index is -0.524. The van der Waals surface area contributed by atoms with Gasteiger partial charge in [0.2, 0.25) is 11.1 Å². The van der Waals surface area contributed by atoms with Crippen LogP contribution in [0.1, 0.15) is 12.6 Å². The van der Waals surface area contributed by atoms with Crippen LogP contribution in [0.3, 0.4) is 0 Å². The third-order valence-electron chi connectivity index (χ3n) is 1.56. The van der Waals surface area contributed by atoms with E-state index in [9.17, 15) is 10.1 Å². The largest absolute Gasteiger partial charge is 0.364 e. The van der Waals surface area contributed by atoms with Crippen molar-refractivity contribution in [1.82, 2.24) is 9.97 Å². The van der Waals surface area contributed by atoms with Crippen LogP contribution in [0.2, 0.25) is 5.28 Å². The van der Waals surface area contributed by atoms with Crippen LogP contribution in [0.15, 0.2) is 0 Å². The summed E-state index contributed by atoms with van der Waals surface area (Å²) in [4.78, 5) is 17.6. The van der Waals surface area contributed by atoms with Crippen molar-refractivity contribution in [2.24, 2.45) is 0 Å². The topological polar surface area (TPSA) is 81.0 Å². The SMILES string of the molecule is CCNc1nc(Cl)nc(C)c1[N+](=O)[O-]. The number of aromatic nitrogens is 2. The average Bonchev–Trinajstić information content (AvgIpc) is 2.01. The lowest BCUT2D eigenvalue weighted by molar-refractivity contribution is -0.385. The molecule has 1 aromatic heterocycles. The fraction of sp³-hybridized carbons (Fsp3) is 0.429. The Kier molecular flexibility index (Phi) is 3.19. The molecule has 1 aromatic rings. The van der Waals surface area contributed by atoms with E-state index < -0.39 is 4.92 Å². The molecule has 0 radical (unpaired) electrons. The molecule has 1 N–H and O–H groups in total. The Hall–Kier alpha value is -1.43. The van der Waals surface area contributed by atoms with Crippen molar-refractivity contribution in [3.63, 3.8) is 0 Å². The molecule has 0 atom stereocenters. The third-order valence-corrected chi connectivity index (χ3v) is 1.73. The molecular formula is C7H9ClN4O2. The number of hydrogen-bond donors (Lipinski definition) is 1. The first-order valence-corrected chi connectivity index (χ1v) is 4.36. The Labute approximate surface area is 85.5 Å². The lowest BCUT2D eigenvalue weighted by Crippen LogP contribution is -2.06. The molecule has 0 aromatic carbocycles. The van der Waals surface area contributed by atoms with Gasteiger partial charge in [0.1, 0.15) is 5.69 Å². The molecule has 0 amide bonds. The minimum Gasteiger partial charge on any atom is -0.364 e. The highest BCUT2D eigenvalue weighted by Crippen LogP contribution is 2.25. The van der Waals surface area contributed by atoms with Gasteiger partial charge in [0.15, 0.2) is 0 Å². The van der Waals surface area contributed by atoms with E-state index >= 15 is 0 Å². The van der Waals surface area contributed by atoms with Crippen molar-refractivity contribution in [2.75, 3.05) is 11.9 Å². The zero-order valence-electron chi connectivity index (χ0n) is 7.74. The zero-order valence-corrected chi connectivity index (χ0v) is 8.50. The molecule has 6 nitrogen and oxygen atoms in total. The number of anilines is 1. The Balaban J connectivity index is 3.28. The van der Waals surface area contributed by atoms with Crippen molar-refractivity contribution >= 4 is 23.1 Å². The van der Waals surface area contributed by atoms with E-state index in [0.717, 1.165) is 0 Å². The van der Waals surface area contributed by atoms with Crippen LogP contribution in [0.4, 0.5) is 11.5 Å². The highest BCUT2D eigenvalue weighted by Gasteiger charge is 2.20. The van der Waals surface area contributed by atoms with Crippen LogP contribution in [-0.2, 0) is 0 Å². The molecule has 0 aliphatic carbocycles. The molecule has 0 saturated carbocycles. The maximum absolute atomic E-state index is 10.7. The van der Waals surface area contributed by atoms with Crippen LogP contribution in [0, 0.1) is 17.0 Å². The summed E-state index contributed by atoms with van der Waals surface area (Å²) < 4.78 is 0. The number of hydrogen-bond acceptors (Lipinski definition) is 5. The summed E-state index contributed by atoms with van der Waals surface area (Å²) in [6.07, 6.45) is 0. The molecule has 76 valence electrons. The highest BCUT2D eigenvalue weighted by atomic mass is 35.5. The van der Waals surface area contributed by atoms with E-state index in [0.29, 0.717) is 6.54 Å². The molecule has 0 bridgehead atoms. The standard InChI is InChI=1S/C7H9ClN4O2/c1-3-9-6-5(12(13)14)4(2)10-7(8)11-6/h3H2,1-2H3,(H,9,10,11). The quantitative estimate of drug-likeness (QED) is 0.473. The second-order valence-electron chi connectivity index (χ2n) is 2.56. The van der Waals surface area contributed by atoms with Crippen LogP contribution in [0.25, 0.3) is 0 Å². The van der Waals surface area contributed by atoms with Gasteiger partial charge in [-0.05, 0) is 25.4 Å². The monoisotopic (exact) mass is 216 g/mol. The number of halogens is 1. The number of nitro groups is 1. The smallest absolute Gasteiger partial charge is 0.332 e. The van der Waals surface area contributed by atoms with E-state index in [-0.39, 0.29) is 22.5 Å². The second kappa shape index (κ2) is 4.19. The molecule has 14 heavy (non-hydrogen) atoms. The molecule has 0 aliphatic rings. The Morgan fingerprint density at radius 3 is 2.71 bits per heavy atom. The third kappa shape index (κ3) is 2.08. The second-order valence-corrected chi connectivity index (χ2v) is 2.90. The van der Waals surface area contributed by atoms with Crippen molar-refractivity contribution in [3.05, 3.63) is 21.1 Å². The van der Waals surface area contributed by atoms with Gasteiger partial charge in [-0.2, -0.15) is 4.98 Å². The molecule has 0 saturated heterocycles. The van der Waals surface area contributed by atoms with Gasteiger partial charge < -0.3 is 5.32 Å². The molecular weight excluding hydrogens is 208 g/mol. The van der Waals surface area contributed by atoms with E-state index in [2.05, 4.69) is 15.3 Å². The van der Waals surface area contributed by atoms with Gasteiger partial charge in [-0.15, -0.1) is 0 Å². The van der Waals surface area contributed by atoms with Gasteiger partial charge in [-0.3, -0.25) is 10.1 Å². The predicted molar refractivity (Wildman–Crippen MR) is 52.6 cm³/mol. The highest BCUT2D eigenvalue weighted by molar-refractivity contribution is 6.28. The van der Waals surface area contributed by atoms with E-state index in [1.165, 1.54) is 6.92 Å². The average molecular weight is 217 g/mol. The summed E-state index contributed by atoms with van der Waals surface area (Å²) in [7, 11) is 0. The Morgan fingerprint density at radius 2 is 2.21 bits per heavy atom. The maximum atomic E-state index is 10.7. The van der Waals surface area contributed by atoms with E-state index in [1.807, 2.05) is 6.92 Å². The molecule has 0 spiro atoms. The Bertz CT molecular complexity index is 369. The lowest BCUT2D eigenvalue weighted by atomic mass is 10.3. The van der Waals surface area contributed by atoms with Gasteiger partial charge in [0, 0.05) is 6.54 Å². The van der Waals surface area contributed by atoms with Crippen molar-refractivity contribution in [2.45, 2.75) is 13.8 Å². The summed E-state index contributed by atoms with van der Waals surface area (Å²) in [6.45, 7) is 3.87. The van der Waals surface area contributed by atoms with Gasteiger partial charge in [-0.1, -0.05) is 0 Å².